The second kappa shape index (κ2) is 8.74. The van der Waals surface area contributed by atoms with E-state index >= 15 is 0 Å². The first-order valence-corrected chi connectivity index (χ1v) is 10.3. The van der Waals surface area contributed by atoms with Crippen molar-refractivity contribution >= 4 is 11.6 Å². The van der Waals surface area contributed by atoms with Gasteiger partial charge in [-0.05, 0) is 43.0 Å². The Morgan fingerprint density at radius 2 is 1.79 bits per heavy atom. The summed E-state index contributed by atoms with van der Waals surface area (Å²) in [5.41, 5.74) is 9.67. The molecule has 0 spiro atoms. The number of hydrogen-bond donors (Lipinski definition) is 2. The Morgan fingerprint density at radius 3 is 2.59 bits per heavy atom. The number of nitrogens with two attached hydrogens (primary N) is 1. The molecule has 2 heterocycles. The Hall–Kier alpha value is -2.73. The van der Waals surface area contributed by atoms with Crippen LogP contribution in [0.2, 0.25) is 0 Å². The highest BCUT2D eigenvalue weighted by molar-refractivity contribution is 5.92. The van der Waals surface area contributed by atoms with Crippen LogP contribution in [0, 0.1) is 6.92 Å². The monoisotopic (exact) mass is 395 g/mol. The molecule has 1 saturated heterocycles. The molecule has 0 aliphatic carbocycles. The summed E-state index contributed by atoms with van der Waals surface area (Å²) in [4.78, 5) is 4.72. The Labute approximate surface area is 172 Å². The molecule has 0 aromatic heterocycles. The van der Waals surface area contributed by atoms with Crippen molar-refractivity contribution in [3.8, 4) is 11.5 Å². The lowest BCUT2D eigenvalue weighted by Gasteiger charge is -2.37. The summed E-state index contributed by atoms with van der Waals surface area (Å²) in [6, 6.07) is 14.3. The number of aryl methyl sites for hydroxylation is 1. The van der Waals surface area contributed by atoms with Crippen LogP contribution >= 0.6 is 0 Å². The number of ether oxygens (including phenoxy) is 3. The number of anilines is 1. The van der Waals surface area contributed by atoms with E-state index in [0.29, 0.717) is 25.7 Å². The molecule has 0 saturated carbocycles. The minimum absolute atomic E-state index is 0.0411. The first-order chi connectivity index (χ1) is 14.2. The van der Waals surface area contributed by atoms with Gasteiger partial charge < -0.3 is 25.3 Å². The second-order valence-electron chi connectivity index (χ2n) is 7.75. The number of aliphatic imine (C=N–C) groups is 1. The molecule has 6 nitrogen and oxygen atoms in total. The number of nitrogens with one attached hydrogen (secondary N) is 1. The molecule has 0 bridgehead atoms. The van der Waals surface area contributed by atoms with Gasteiger partial charge in [0.05, 0.1) is 19.8 Å². The molecular formula is C23H29N3O3. The van der Waals surface area contributed by atoms with E-state index in [1.165, 1.54) is 11.1 Å². The van der Waals surface area contributed by atoms with Gasteiger partial charge in [-0.3, -0.25) is 4.99 Å². The van der Waals surface area contributed by atoms with Gasteiger partial charge in [0.15, 0.2) is 17.5 Å². The fraction of sp³-hybridized carbons (Fsp3) is 0.435. The fourth-order valence-corrected chi connectivity index (χ4v) is 4.11. The van der Waals surface area contributed by atoms with Crippen LogP contribution in [0.4, 0.5) is 5.69 Å². The molecule has 0 amide bonds. The van der Waals surface area contributed by atoms with Crippen LogP contribution in [0.25, 0.3) is 0 Å². The van der Waals surface area contributed by atoms with Crippen LogP contribution in [-0.2, 0) is 10.2 Å². The van der Waals surface area contributed by atoms with Gasteiger partial charge in [0.2, 0.25) is 0 Å². The zero-order valence-corrected chi connectivity index (χ0v) is 16.9. The van der Waals surface area contributed by atoms with Gasteiger partial charge in [-0.15, -0.1) is 0 Å². The van der Waals surface area contributed by atoms with Crippen molar-refractivity contribution in [1.29, 1.82) is 0 Å². The summed E-state index contributed by atoms with van der Waals surface area (Å²) in [6.07, 6.45) is 2.77. The number of fused-ring (bicyclic) bond motifs is 1. The second-order valence-corrected chi connectivity index (χ2v) is 7.75. The average molecular weight is 396 g/mol. The van der Waals surface area contributed by atoms with Crippen molar-refractivity contribution < 1.29 is 14.2 Å². The molecular weight excluding hydrogens is 366 g/mol. The molecule has 2 aromatic rings. The smallest absolute Gasteiger partial charge is 0.193 e. The molecule has 0 radical (unpaired) electrons. The van der Waals surface area contributed by atoms with E-state index in [2.05, 4.69) is 36.5 Å². The third-order valence-electron chi connectivity index (χ3n) is 5.74. The number of rotatable bonds is 4. The lowest BCUT2D eigenvalue weighted by Crippen LogP contribution is -2.38. The summed E-state index contributed by atoms with van der Waals surface area (Å²) < 4.78 is 17.1. The first kappa shape index (κ1) is 19.6. The molecule has 0 atom stereocenters. The highest BCUT2D eigenvalue weighted by Gasteiger charge is 2.35. The first-order valence-electron chi connectivity index (χ1n) is 10.3. The van der Waals surface area contributed by atoms with Crippen LogP contribution in [0.5, 0.6) is 11.5 Å². The lowest BCUT2D eigenvalue weighted by atomic mass is 9.72. The third kappa shape index (κ3) is 4.48. The van der Waals surface area contributed by atoms with E-state index in [1.807, 2.05) is 18.2 Å². The van der Waals surface area contributed by atoms with E-state index in [4.69, 9.17) is 24.9 Å². The number of guanidine groups is 1. The highest BCUT2D eigenvalue weighted by Crippen LogP contribution is 2.37. The van der Waals surface area contributed by atoms with Crippen molar-refractivity contribution in [2.45, 2.75) is 31.6 Å². The maximum Gasteiger partial charge on any atom is 0.193 e. The van der Waals surface area contributed by atoms with Crippen molar-refractivity contribution in [3.05, 3.63) is 53.6 Å². The Kier molecular flexibility index (Phi) is 5.90. The van der Waals surface area contributed by atoms with E-state index in [9.17, 15) is 0 Å². The van der Waals surface area contributed by atoms with Crippen LogP contribution in [-0.4, -0.2) is 38.9 Å². The summed E-state index contributed by atoms with van der Waals surface area (Å²) in [5, 5.41) is 3.20. The molecule has 0 unspecified atom stereocenters. The maximum atomic E-state index is 6.24. The minimum Gasteiger partial charge on any atom is -0.490 e. The van der Waals surface area contributed by atoms with Gasteiger partial charge in [-0.25, -0.2) is 0 Å². The van der Waals surface area contributed by atoms with Crippen molar-refractivity contribution in [3.63, 3.8) is 0 Å². The van der Waals surface area contributed by atoms with Crippen LogP contribution in [0.15, 0.2) is 47.5 Å². The SMILES string of the molecule is Cc1ccccc1C1(CN=C(N)Nc2ccc3c(c2)OCCCO3)CCOCC1. The molecule has 154 valence electrons. The number of benzene rings is 2. The normalized spacial score (nSPS) is 18.7. The molecule has 2 aliphatic rings. The topological polar surface area (TPSA) is 78.1 Å². The average Bonchev–Trinajstić information content (AvgIpc) is 2.98. The van der Waals surface area contributed by atoms with Crippen molar-refractivity contribution in [2.75, 3.05) is 38.3 Å². The largest absolute Gasteiger partial charge is 0.490 e. The Balaban J connectivity index is 1.51. The van der Waals surface area contributed by atoms with E-state index in [0.717, 1.165) is 49.7 Å². The quantitative estimate of drug-likeness (QED) is 0.611. The lowest BCUT2D eigenvalue weighted by molar-refractivity contribution is 0.0529. The zero-order valence-electron chi connectivity index (χ0n) is 16.9. The maximum absolute atomic E-state index is 6.24. The Bertz CT molecular complexity index is 875. The zero-order chi connectivity index (χ0) is 20.1. The molecule has 6 heteroatoms. The molecule has 3 N–H and O–H groups in total. The predicted molar refractivity (Wildman–Crippen MR) is 115 cm³/mol. The summed E-state index contributed by atoms with van der Waals surface area (Å²) in [5.74, 6) is 1.91. The number of hydrogen-bond acceptors (Lipinski definition) is 4. The van der Waals surface area contributed by atoms with E-state index in [-0.39, 0.29) is 5.41 Å². The van der Waals surface area contributed by atoms with E-state index in [1.54, 1.807) is 0 Å². The highest BCUT2D eigenvalue weighted by atomic mass is 16.5. The minimum atomic E-state index is -0.0411. The van der Waals surface area contributed by atoms with Crippen LogP contribution in [0.3, 0.4) is 0 Å². The molecule has 2 aromatic carbocycles. The van der Waals surface area contributed by atoms with Gasteiger partial charge in [0.25, 0.3) is 0 Å². The standard InChI is InChI=1S/C23H29N3O3/c1-17-5-2-3-6-19(17)23(9-13-27-14-10-23)16-25-22(24)26-18-7-8-20-21(15-18)29-12-4-11-28-20/h2-3,5-8,15H,4,9-14,16H2,1H3,(H3,24,25,26). The van der Waals surface area contributed by atoms with Crippen molar-refractivity contribution in [1.82, 2.24) is 0 Å². The third-order valence-corrected chi connectivity index (χ3v) is 5.74. The molecule has 29 heavy (non-hydrogen) atoms. The van der Waals surface area contributed by atoms with Crippen LogP contribution < -0.4 is 20.5 Å². The summed E-state index contributed by atoms with van der Waals surface area (Å²) in [7, 11) is 0. The summed E-state index contributed by atoms with van der Waals surface area (Å²) in [6.45, 7) is 5.62. The van der Waals surface area contributed by atoms with E-state index < -0.39 is 0 Å². The van der Waals surface area contributed by atoms with Gasteiger partial charge in [0, 0.05) is 36.8 Å². The predicted octanol–water partition coefficient (Wildman–Crippen LogP) is 3.63. The van der Waals surface area contributed by atoms with Crippen LogP contribution in [0.1, 0.15) is 30.4 Å². The molecule has 4 rings (SSSR count). The summed E-state index contributed by atoms with van der Waals surface area (Å²) >= 11 is 0. The fourth-order valence-electron chi connectivity index (χ4n) is 4.11. The van der Waals surface area contributed by atoms with Gasteiger partial charge in [-0.2, -0.15) is 0 Å². The van der Waals surface area contributed by atoms with Crippen molar-refractivity contribution in [2.24, 2.45) is 10.7 Å². The molecule has 1 fully saturated rings. The van der Waals surface area contributed by atoms with Gasteiger partial charge >= 0.3 is 0 Å². The van der Waals surface area contributed by atoms with Gasteiger partial charge in [0.1, 0.15) is 0 Å². The van der Waals surface area contributed by atoms with Gasteiger partial charge in [-0.1, -0.05) is 24.3 Å². The molecule has 2 aliphatic heterocycles. The number of nitrogens with zero attached hydrogens (tertiary/aromatic N) is 1. The Morgan fingerprint density at radius 1 is 1.03 bits per heavy atom.